The summed E-state index contributed by atoms with van der Waals surface area (Å²) < 4.78 is 6.52. The number of hydrogen-bond acceptors (Lipinski definition) is 6. The number of aliphatic hydroxyl groups excluding tert-OH is 1. The van der Waals surface area contributed by atoms with Crippen LogP contribution >= 0.6 is 0 Å². The zero-order valence-corrected chi connectivity index (χ0v) is 8.16. The van der Waals surface area contributed by atoms with Crippen molar-refractivity contribution in [2.24, 2.45) is 12.8 Å². The summed E-state index contributed by atoms with van der Waals surface area (Å²) in [5, 5.41) is 16.6. The second-order valence-corrected chi connectivity index (χ2v) is 3.12. The van der Waals surface area contributed by atoms with Crippen LogP contribution in [0.4, 0.5) is 0 Å². The Bertz CT molecular complexity index is 449. The molecule has 3 N–H and O–H groups in total. The van der Waals surface area contributed by atoms with Gasteiger partial charge in [0.1, 0.15) is 11.7 Å². The zero-order chi connectivity index (χ0) is 10.8. The maximum atomic E-state index is 8.80. The lowest BCUT2D eigenvalue weighted by Crippen LogP contribution is -2.14. The molecule has 7 heteroatoms. The lowest BCUT2D eigenvalue weighted by atomic mass is 10.3. The number of aliphatic hydroxyl groups is 1. The molecule has 80 valence electrons. The minimum atomic E-state index is -0.644. The molecule has 0 radical (unpaired) electrons. The second kappa shape index (κ2) is 3.79. The molecule has 0 fully saturated rings. The molecular formula is C8H11N5O2. The molecule has 0 aliphatic carbocycles. The van der Waals surface area contributed by atoms with Gasteiger partial charge in [-0.05, 0) is 6.07 Å². The van der Waals surface area contributed by atoms with Gasteiger partial charge in [-0.15, -0.1) is 0 Å². The van der Waals surface area contributed by atoms with E-state index in [0.29, 0.717) is 11.5 Å². The first-order valence-electron chi connectivity index (χ1n) is 4.41. The number of rotatable bonds is 3. The van der Waals surface area contributed by atoms with Crippen LogP contribution in [0.3, 0.4) is 0 Å². The molecule has 7 nitrogen and oxygen atoms in total. The van der Waals surface area contributed by atoms with Crippen molar-refractivity contribution in [2.45, 2.75) is 6.04 Å². The fraction of sp³-hybridized carbons (Fsp3) is 0.375. The van der Waals surface area contributed by atoms with E-state index in [2.05, 4.69) is 15.2 Å². The molecule has 0 unspecified atom stereocenters. The fourth-order valence-corrected chi connectivity index (χ4v) is 1.10. The van der Waals surface area contributed by atoms with E-state index in [1.165, 1.54) is 0 Å². The van der Waals surface area contributed by atoms with Crippen molar-refractivity contribution in [3.8, 4) is 11.5 Å². The van der Waals surface area contributed by atoms with Gasteiger partial charge in [0.05, 0.1) is 6.61 Å². The first-order chi connectivity index (χ1) is 7.20. The third-order valence-corrected chi connectivity index (χ3v) is 1.90. The van der Waals surface area contributed by atoms with Gasteiger partial charge in [0, 0.05) is 13.2 Å². The number of nitrogens with two attached hydrogens (primary N) is 1. The highest BCUT2D eigenvalue weighted by Crippen LogP contribution is 2.15. The SMILES string of the molecule is Cn1ccc(-c2noc([C@H](N)CO)n2)n1. The van der Waals surface area contributed by atoms with Crippen LogP contribution in [0.2, 0.25) is 0 Å². The molecule has 2 aromatic rings. The summed E-state index contributed by atoms with van der Waals surface area (Å²) in [6.45, 7) is -0.232. The first-order valence-corrected chi connectivity index (χ1v) is 4.41. The van der Waals surface area contributed by atoms with E-state index in [4.69, 9.17) is 15.4 Å². The molecule has 15 heavy (non-hydrogen) atoms. The predicted molar refractivity (Wildman–Crippen MR) is 50.5 cm³/mol. The summed E-state index contributed by atoms with van der Waals surface area (Å²) in [6, 6.07) is 1.12. The van der Waals surface area contributed by atoms with Crippen LogP contribution in [-0.4, -0.2) is 31.6 Å². The predicted octanol–water partition coefficient (Wildman–Crippen LogP) is -0.538. The van der Waals surface area contributed by atoms with E-state index in [0.717, 1.165) is 0 Å². The third-order valence-electron chi connectivity index (χ3n) is 1.90. The Labute approximate surface area is 85.5 Å². The Balaban J connectivity index is 2.27. The summed E-state index contributed by atoms with van der Waals surface area (Å²) in [7, 11) is 1.80. The van der Waals surface area contributed by atoms with E-state index in [1.54, 1.807) is 24.0 Å². The highest BCUT2D eigenvalue weighted by Gasteiger charge is 2.15. The van der Waals surface area contributed by atoms with Crippen LogP contribution < -0.4 is 5.73 Å². The molecule has 0 bridgehead atoms. The Morgan fingerprint density at radius 3 is 3.07 bits per heavy atom. The molecule has 0 saturated heterocycles. The summed E-state index contributed by atoms with van der Waals surface area (Å²) in [5.74, 6) is 0.577. The smallest absolute Gasteiger partial charge is 0.246 e. The van der Waals surface area contributed by atoms with Crippen LogP contribution in [0.25, 0.3) is 11.5 Å². The molecule has 0 aliphatic rings. The zero-order valence-electron chi connectivity index (χ0n) is 8.16. The molecular weight excluding hydrogens is 198 g/mol. The van der Waals surface area contributed by atoms with Gasteiger partial charge in [0.15, 0.2) is 0 Å². The number of aromatic nitrogens is 4. The van der Waals surface area contributed by atoms with Gasteiger partial charge in [-0.3, -0.25) is 4.68 Å². The monoisotopic (exact) mass is 209 g/mol. The molecule has 0 aromatic carbocycles. The molecule has 0 aliphatic heterocycles. The maximum Gasteiger partial charge on any atom is 0.246 e. The van der Waals surface area contributed by atoms with Crippen molar-refractivity contribution >= 4 is 0 Å². The molecule has 1 atom stereocenters. The highest BCUT2D eigenvalue weighted by atomic mass is 16.5. The van der Waals surface area contributed by atoms with E-state index < -0.39 is 6.04 Å². The van der Waals surface area contributed by atoms with Crippen LogP contribution in [0, 0.1) is 0 Å². The lowest BCUT2D eigenvalue weighted by Gasteiger charge is -1.98. The molecule has 2 rings (SSSR count). The summed E-state index contributed by atoms with van der Waals surface area (Å²) in [5.41, 5.74) is 6.13. The Kier molecular flexibility index (Phi) is 2.48. The minimum absolute atomic E-state index is 0.207. The first kappa shape index (κ1) is 9.81. The van der Waals surface area contributed by atoms with Gasteiger partial charge < -0.3 is 15.4 Å². The average molecular weight is 209 g/mol. The Morgan fingerprint density at radius 1 is 1.67 bits per heavy atom. The molecule has 0 saturated carbocycles. The normalized spacial score (nSPS) is 13.0. The van der Waals surface area contributed by atoms with E-state index in [1.807, 2.05) is 0 Å². The number of nitrogens with zero attached hydrogens (tertiary/aromatic N) is 4. The van der Waals surface area contributed by atoms with E-state index >= 15 is 0 Å². The lowest BCUT2D eigenvalue weighted by molar-refractivity contribution is 0.237. The van der Waals surface area contributed by atoms with Crippen molar-refractivity contribution in [1.82, 2.24) is 19.9 Å². The van der Waals surface area contributed by atoms with E-state index in [9.17, 15) is 0 Å². The van der Waals surface area contributed by atoms with Crippen LogP contribution in [0.1, 0.15) is 11.9 Å². The quantitative estimate of drug-likeness (QED) is 0.703. The van der Waals surface area contributed by atoms with E-state index in [-0.39, 0.29) is 12.5 Å². The topological polar surface area (TPSA) is 103 Å². The fourth-order valence-electron chi connectivity index (χ4n) is 1.10. The van der Waals surface area contributed by atoms with Gasteiger partial charge in [0.25, 0.3) is 0 Å². The van der Waals surface area contributed by atoms with Gasteiger partial charge in [-0.25, -0.2) is 0 Å². The summed E-state index contributed by atoms with van der Waals surface area (Å²) in [4.78, 5) is 4.03. The van der Waals surface area contributed by atoms with Gasteiger partial charge in [-0.1, -0.05) is 5.16 Å². The summed E-state index contributed by atoms with van der Waals surface area (Å²) in [6.07, 6.45) is 1.78. The van der Waals surface area contributed by atoms with Gasteiger partial charge >= 0.3 is 0 Å². The van der Waals surface area contributed by atoms with Crippen molar-refractivity contribution in [2.75, 3.05) is 6.61 Å². The molecule has 0 spiro atoms. The van der Waals surface area contributed by atoms with Crippen molar-refractivity contribution < 1.29 is 9.63 Å². The van der Waals surface area contributed by atoms with Crippen molar-refractivity contribution in [1.29, 1.82) is 0 Å². The number of aryl methyl sites for hydroxylation is 1. The van der Waals surface area contributed by atoms with Crippen LogP contribution in [0.15, 0.2) is 16.8 Å². The third kappa shape index (κ3) is 1.88. The molecule has 0 amide bonds. The van der Waals surface area contributed by atoms with Crippen LogP contribution in [0.5, 0.6) is 0 Å². The van der Waals surface area contributed by atoms with Crippen LogP contribution in [-0.2, 0) is 7.05 Å². The Morgan fingerprint density at radius 2 is 2.47 bits per heavy atom. The van der Waals surface area contributed by atoms with Crippen molar-refractivity contribution in [3.05, 3.63) is 18.2 Å². The average Bonchev–Trinajstić information content (AvgIpc) is 2.84. The standard InChI is InChI=1S/C8H11N5O2/c1-13-3-2-6(11-13)7-10-8(15-12-7)5(9)4-14/h2-3,5,14H,4,9H2,1H3/t5-/m1/s1. The maximum absolute atomic E-state index is 8.80. The molecule has 2 heterocycles. The highest BCUT2D eigenvalue weighted by molar-refractivity contribution is 5.46. The number of hydrogen-bond donors (Lipinski definition) is 2. The van der Waals surface area contributed by atoms with Gasteiger partial charge in [0.2, 0.25) is 11.7 Å². The molecule has 2 aromatic heterocycles. The summed E-state index contributed by atoms with van der Waals surface area (Å²) >= 11 is 0. The largest absolute Gasteiger partial charge is 0.394 e. The van der Waals surface area contributed by atoms with Gasteiger partial charge in [-0.2, -0.15) is 10.1 Å². The van der Waals surface area contributed by atoms with Crippen molar-refractivity contribution in [3.63, 3.8) is 0 Å². The second-order valence-electron chi connectivity index (χ2n) is 3.12. The minimum Gasteiger partial charge on any atom is -0.394 e. The Hall–Kier alpha value is -1.73.